The highest BCUT2D eigenvalue weighted by Gasteiger charge is 2.48. The Balaban J connectivity index is 1.04. The molecule has 0 bridgehead atoms. The van der Waals surface area contributed by atoms with Crippen LogP contribution in [0.15, 0.2) is 48.8 Å². The zero-order chi connectivity index (χ0) is 36.4. The van der Waals surface area contributed by atoms with E-state index in [-0.39, 0.29) is 22.9 Å². The van der Waals surface area contributed by atoms with E-state index < -0.39 is 0 Å². The third-order valence-corrected chi connectivity index (χ3v) is 11.5. The number of hydrogen-bond acceptors (Lipinski definition) is 10. The molecule has 270 valence electrons. The molecular weight excluding hydrogens is 699 g/mol. The Bertz CT molecular complexity index is 1930. The Morgan fingerprint density at radius 3 is 1.38 bits per heavy atom. The molecule has 2 N–H and O–H groups in total. The van der Waals surface area contributed by atoms with Gasteiger partial charge in [0.25, 0.3) is 0 Å². The molecule has 0 aliphatic carbocycles. The van der Waals surface area contributed by atoms with Crippen LogP contribution in [-0.4, -0.2) is 107 Å². The summed E-state index contributed by atoms with van der Waals surface area (Å²) >= 11 is 14.4. The van der Waals surface area contributed by atoms with Gasteiger partial charge in [-0.15, -0.1) is 0 Å². The minimum atomic E-state index is -0.0883. The minimum absolute atomic E-state index is 0.0883. The second kappa shape index (κ2) is 13.2. The van der Waals surface area contributed by atoms with Crippen molar-refractivity contribution < 1.29 is 9.59 Å². The summed E-state index contributed by atoms with van der Waals surface area (Å²) in [7, 11) is 7.85. The number of carbonyl (C=O) groups is 2. The van der Waals surface area contributed by atoms with Crippen molar-refractivity contribution in [2.75, 3.05) is 64.2 Å². The number of anilines is 2. The number of carbonyl (C=O) groups excluding carboxylic acids is 2. The Hall–Kier alpha value is -4.36. The molecule has 0 saturated carbocycles. The first-order chi connectivity index (χ1) is 24.9. The Kier molecular flexibility index (Phi) is 8.84. The zero-order valence-electron chi connectivity index (χ0n) is 29.8. The first kappa shape index (κ1) is 34.7. The zero-order valence-corrected chi connectivity index (χ0v) is 31.4. The van der Waals surface area contributed by atoms with Crippen molar-refractivity contribution in [3.63, 3.8) is 0 Å². The number of aromatic nitrogens is 4. The summed E-state index contributed by atoms with van der Waals surface area (Å²) in [6.45, 7) is 4.55. The van der Waals surface area contributed by atoms with Gasteiger partial charge in [-0.25, -0.2) is 9.97 Å². The highest BCUT2D eigenvalue weighted by molar-refractivity contribution is 6.39. The molecule has 2 aromatic heterocycles. The van der Waals surface area contributed by atoms with Gasteiger partial charge >= 0.3 is 0 Å². The Morgan fingerprint density at radius 1 is 0.654 bits per heavy atom. The number of nitrogens with zero attached hydrogens (tertiary/aromatic N) is 8. The van der Waals surface area contributed by atoms with E-state index in [9.17, 15) is 9.59 Å². The standard InChI is InChI=1S/C38H42Cl2N10O2/c1-47(2)35-29(17-49-19-37(20-49)13-11-31(51)45-37)41-15-27(43-35)25-9-5-7-23(33(25)39)24-8-6-10-26(34(24)40)28-16-42-30(36(44-28)48(3)4)18-50-21-38(22-50)14-12-32(52)46-38/h5-10,15-16H,11-14,17-22H2,1-4H3,(H,45,51)(H,46,52). The molecule has 4 saturated heterocycles. The molecule has 4 aliphatic rings. The summed E-state index contributed by atoms with van der Waals surface area (Å²) < 4.78 is 0. The number of amides is 2. The second-order valence-electron chi connectivity index (χ2n) is 15.1. The minimum Gasteiger partial charge on any atom is -0.361 e. The van der Waals surface area contributed by atoms with Gasteiger partial charge in [-0.2, -0.15) is 0 Å². The molecule has 0 radical (unpaired) electrons. The van der Waals surface area contributed by atoms with Crippen LogP contribution in [0.4, 0.5) is 11.6 Å². The monoisotopic (exact) mass is 740 g/mol. The Morgan fingerprint density at radius 2 is 1.04 bits per heavy atom. The summed E-state index contributed by atoms with van der Waals surface area (Å²) in [5, 5.41) is 7.35. The lowest BCUT2D eigenvalue weighted by Gasteiger charge is -2.47. The van der Waals surface area contributed by atoms with E-state index in [1.165, 1.54) is 0 Å². The van der Waals surface area contributed by atoms with Gasteiger partial charge < -0.3 is 20.4 Å². The number of rotatable bonds is 9. The molecule has 0 atom stereocenters. The SMILES string of the molecule is CN(C)c1nc(-c2cccc(-c3cccc(-c4cnc(CN5CC6(CCC(=O)N6)C5)c(N(C)C)n4)c3Cl)c2Cl)cnc1CN1CC2(CCC(=O)N2)C1. The lowest BCUT2D eigenvalue weighted by molar-refractivity contribution is -0.121. The van der Waals surface area contributed by atoms with Gasteiger partial charge in [0, 0.05) is 103 Å². The van der Waals surface area contributed by atoms with Crippen molar-refractivity contribution in [2.24, 2.45) is 0 Å². The maximum absolute atomic E-state index is 11.8. The van der Waals surface area contributed by atoms with Crippen LogP contribution < -0.4 is 20.4 Å². The van der Waals surface area contributed by atoms with Gasteiger partial charge in [0.05, 0.1) is 56.3 Å². The molecule has 2 amide bonds. The number of likely N-dealkylation sites (tertiary alicyclic amines) is 2. The van der Waals surface area contributed by atoms with Crippen molar-refractivity contribution in [3.8, 4) is 33.6 Å². The van der Waals surface area contributed by atoms with Crippen LogP contribution in [-0.2, 0) is 22.7 Å². The van der Waals surface area contributed by atoms with Crippen molar-refractivity contribution in [1.82, 2.24) is 40.4 Å². The molecule has 14 heteroatoms. The molecule has 2 spiro atoms. The fraction of sp³-hybridized carbons (Fsp3) is 0.421. The van der Waals surface area contributed by atoms with Crippen LogP contribution >= 0.6 is 23.2 Å². The first-order valence-corrected chi connectivity index (χ1v) is 18.4. The maximum atomic E-state index is 11.8. The van der Waals surface area contributed by atoms with E-state index in [1.54, 1.807) is 12.4 Å². The summed E-state index contributed by atoms with van der Waals surface area (Å²) in [4.78, 5) is 51.9. The van der Waals surface area contributed by atoms with Crippen LogP contribution in [0.2, 0.25) is 10.0 Å². The molecule has 4 fully saturated rings. The van der Waals surface area contributed by atoms with Gasteiger partial charge in [-0.3, -0.25) is 29.4 Å². The average Bonchev–Trinajstić information content (AvgIpc) is 3.68. The predicted octanol–water partition coefficient (Wildman–Crippen LogP) is 4.64. The summed E-state index contributed by atoms with van der Waals surface area (Å²) in [5.74, 6) is 1.82. The summed E-state index contributed by atoms with van der Waals surface area (Å²) in [5.41, 5.74) is 5.95. The largest absolute Gasteiger partial charge is 0.361 e. The Labute approximate surface area is 313 Å². The first-order valence-electron chi connectivity index (χ1n) is 17.6. The summed E-state index contributed by atoms with van der Waals surface area (Å²) in [6, 6.07) is 11.7. The van der Waals surface area contributed by atoms with Crippen molar-refractivity contribution in [2.45, 2.75) is 49.9 Å². The van der Waals surface area contributed by atoms with Gasteiger partial charge in [-0.05, 0) is 12.8 Å². The number of halogens is 2. The van der Waals surface area contributed by atoms with Crippen molar-refractivity contribution in [3.05, 3.63) is 70.2 Å². The van der Waals surface area contributed by atoms with Crippen LogP contribution in [0.1, 0.15) is 37.1 Å². The molecule has 52 heavy (non-hydrogen) atoms. The van der Waals surface area contributed by atoms with E-state index >= 15 is 0 Å². The van der Waals surface area contributed by atoms with Gasteiger partial charge in [-0.1, -0.05) is 59.6 Å². The van der Waals surface area contributed by atoms with Crippen molar-refractivity contribution in [1.29, 1.82) is 0 Å². The smallest absolute Gasteiger partial charge is 0.220 e. The van der Waals surface area contributed by atoms with E-state index in [0.717, 1.165) is 84.3 Å². The van der Waals surface area contributed by atoms with Crippen LogP contribution in [0, 0.1) is 0 Å². The second-order valence-corrected chi connectivity index (χ2v) is 15.9. The van der Waals surface area contributed by atoms with Crippen LogP contribution in [0.5, 0.6) is 0 Å². The van der Waals surface area contributed by atoms with Gasteiger partial charge in [0.1, 0.15) is 0 Å². The van der Waals surface area contributed by atoms with E-state index in [2.05, 4.69) is 20.4 Å². The third-order valence-electron chi connectivity index (χ3n) is 10.7. The molecule has 4 aliphatic heterocycles. The molecule has 6 heterocycles. The summed E-state index contributed by atoms with van der Waals surface area (Å²) in [6.07, 6.45) is 6.53. The molecular formula is C38H42Cl2N10O2. The van der Waals surface area contributed by atoms with Crippen LogP contribution in [0.25, 0.3) is 33.6 Å². The predicted molar refractivity (Wildman–Crippen MR) is 203 cm³/mol. The van der Waals surface area contributed by atoms with Gasteiger partial charge in [0.2, 0.25) is 11.8 Å². The number of nitrogens with one attached hydrogen (secondary N) is 2. The normalized spacial score (nSPS) is 19.0. The quantitative estimate of drug-likeness (QED) is 0.251. The fourth-order valence-corrected chi connectivity index (χ4v) is 8.82. The maximum Gasteiger partial charge on any atom is 0.220 e. The van der Waals surface area contributed by atoms with Gasteiger partial charge in [0.15, 0.2) is 11.6 Å². The molecule has 4 aromatic rings. The molecule has 0 unspecified atom stereocenters. The lowest BCUT2D eigenvalue weighted by atomic mass is 9.88. The molecule has 2 aromatic carbocycles. The highest BCUT2D eigenvalue weighted by Crippen LogP contribution is 2.43. The number of benzene rings is 2. The van der Waals surface area contributed by atoms with E-state index in [1.807, 2.05) is 74.4 Å². The topological polar surface area (TPSA) is 123 Å². The lowest BCUT2D eigenvalue weighted by Crippen LogP contribution is -2.66. The highest BCUT2D eigenvalue weighted by atomic mass is 35.5. The fourth-order valence-electron chi connectivity index (χ4n) is 8.17. The van der Waals surface area contributed by atoms with E-state index in [4.69, 9.17) is 43.1 Å². The van der Waals surface area contributed by atoms with Crippen molar-refractivity contribution >= 4 is 46.7 Å². The van der Waals surface area contributed by atoms with Crippen LogP contribution in [0.3, 0.4) is 0 Å². The third kappa shape index (κ3) is 6.35. The number of hydrogen-bond donors (Lipinski definition) is 2. The average molecular weight is 742 g/mol. The molecule has 12 nitrogen and oxygen atoms in total. The molecule has 8 rings (SSSR count). The van der Waals surface area contributed by atoms with E-state index in [0.29, 0.717) is 47.4 Å².